The largest absolute Gasteiger partial charge is 0.492 e. The summed E-state index contributed by atoms with van der Waals surface area (Å²) in [5.74, 6) is 0.814. The summed E-state index contributed by atoms with van der Waals surface area (Å²) >= 11 is 5.87. The van der Waals surface area contributed by atoms with Crippen LogP contribution in [-0.4, -0.2) is 42.4 Å². The third-order valence-corrected chi connectivity index (χ3v) is 3.26. The zero-order chi connectivity index (χ0) is 12.1. The number of hydrogen-bond donors (Lipinski definition) is 1. The highest BCUT2D eigenvalue weighted by molar-refractivity contribution is 6.30. The lowest BCUT2D eigenvalue weighted by molar-refractivity contribution is 0.0755. The minimum atomic E-state index is -0.111. The van der Waals surface area contributed by atoms with Gasteiger partial charge in [0.2, 0.25) is 0 Å². The average Bonchev–Trinajstić information content (AvgIpc) is 2.32. The summed E-state index contributed by atoms with van der Waals surface area (Å²) in [5.41, 5.74) is 0. The molecule has 4 heteroatoms. The Morgan fingerprint density at radius 3 is 2.82 bits per heavy atom. The molecule has 0 bridgehead atoms. The number of halogens is 1. The summed E-state index contributed by atoms with van der Waals surface area (Å²) in [4.78, 5) is 2.32. The van der Waals surface area contributed by atoms with Crippen molar-refractivity contribution in [3.63, 3.8) is 0 Å². The van der Waals surface area contributed by atoms with Gasteiger partial charge >= 0.3 is 0 Å². The van der Waals surface area contributed by atoms with E-state index in [-0.39, 0.29) is 6.10 Å². The predicted octanol–water partition coefficient (Wildman–Crippen LogP) is 2.18. The van der Waals surface area contributed by atoms with Crippen molar-refractivity contribution in [1.82, 2.24) is 4.90 Å². The monoisotopic (exact) mass is 255 g/mol. The Bertz CT molecular complexity index is 351. The lowest BCUT2D eigenvalue weighted by Crippen LogP contribution is -2.38. The Labute approximate surface area is 107 Å². The molecule has 0 saturated carbocycles. The molecule has 0 radical (unpaired) electrons. The van der Waals surface area contributed by atoms with Crippen LogP contribution < -0.4 is 4.74 Å². The molecule has 1 fully saturated rings. The molecule has 0 unspecified atom stereocenters. The maximum atomic E-state index is 9.39. The van der Waals surface area contributed by atoms with Crippen molar-refractivity contribution in [3.05, 3.63) is 29.3 Å². The van der Waals surface area contributed by atoms with Gasteiger partial charge in [0.05, 0.1) is 6.10 Å². The van der Waals surface area contributed by atoms with Gasteiger partial charge in [-0.15, -0.1) is 0 Å². The van der Waals surface area contributed by atoms with Crippen LogP contribution in [0.1, 0.15) is 12.8 Å². The quantitative estimate of drug-likeness (QED) is 0.895. The van der Waals surface area contributed by atoms with Gasteiger partial charge in [0.15, 0.2) is 0 Å². The summed E-state index contributed by atoms with van der Waals surface area (Å²) in [5, 5.41) is 10.1. The lowest BCUT2D eigenvalue weighted by atomic mass is 10.1. The molecular formula is C13H18ClNO2. The second-order valence-electron chi connectivity index (χ2n) is 4.38. The fraction of sp³-hybridized carbons (Fsp3) is 0.538. The van der Waals surface area contributed by atoms with Gasteiger partial charge in [0.1, 0.15) is 12.4 Å². The number of piperidine rings is 1. The van der Waals surface area contributed by atoms with E-state index < -0.39 is 0 Å². The van der Waals surface area contributed by atoms with E-state index >= 15 is 0 Å². The number of aliphatic hydroxyl groups is 1. The van der Waals surface area contributed by atoms with E-state index in [0.29, 0.717) is 11.6 Å². The van der Waals surface area contributed by atoms with Crippen molar-refractivity contribution in [3.8, 4) is 5.75 Å². The first-order chi connectivity index (χ1) is 8.24. The molecular weight excluding hydrogens is 238 g/mol. The fourth-order valence-electron chi connectivity index (χ4n) is 1.99. The number of nitrogens with zero attached hydrogens (tertiary/aromatic N) is 1. The smallest absolute Gasteiger partial charge is 0.120 e. The average molecular weight is 256 g/mol. The molecule has 0 atom stereocenters. The van der Waals surface area contributed by atoms with E-state index in [1.165, 1.54) is 0 Å². The van der Waals surface area contributed by atoms with Crippen LogP contribution in [0.5, 0.6) is 5.75 Å². The molecule has 17 heavy (non-hydrogen) atoms. The molecule has 1 heterocycles. The van der Waals surface area contributed by atoms with E-state index in [2.05, 4.69) is 4.90 Å². The number of benzene rings is 1. The van der Waals surface area contributed by atoms with E-state index in [9.17, 15) is 5.11 Å². The second kappa shape index (κ2) is 6.24. The minimum Gasteiger partial charge on any atom is -0.492 e. The summed E-state index contributed by atoms with van der Waals surface area (Å²) in [6, 6.07) is 7.45. The molecule has 1 aromatic carbocycles. The molecule has 1 saturated heterocycles. The van der Waals surface area contributed by atoms with Crippen LogP contribution in [0.15, 0.2) is 24.3 Å². The standard InChI is InChI=1S/C13H18ClNO2/c14-11-2-1-3-13(10-11)17-9-8-15-6-4-12(16)5-7-15/h1-3,10,12,16H,4-9H2. The van der Waals surface area contributed by atoms with E-state index in [0.717, 1.165) is 38.2 Å². The van der Waals surface area contributed by atoms with Crippen LogP contribution in [0.3, 0.4) is 0 Å². The molecule has 1 aliphatic rings. The molecule has 3 nitrogen and oxygen atoms in total. The lowest BCUT2D eigenvalue weighted by Gasteiger charge is -2.29. The highest BCUT2D eigenvalue weighted by Crippen LogP contribution is 2.17. The number of rotatable bonds is 4. The van der Waals surface area contributed by atoms with Gasteiger partial charge in [-0.05, 0) is 31.0 Å². The Hall–Kier alpha value is -0.770. The minimum absolute atomic E-state index is 0.111. The Balaban J connectivity index is 1.69. The topological polar surface area (TPSA) is 32.7 Å². The summed E-state index contributed by atoms with van der Waals surface area (Å²) in [6.07, 6.45) is 1.63. The number of ether oxygens (including phenoxy) is 1. The molecule has 94 valence electrons. The van der Waals surface area contributed by atoms with Crippen LogP contribution in [0.2, 0.25) is 5.02 Å². The second-order valence-corrected chi connectivity index (χ2v) is 4.82. The first-order valence-corrected chi connectivity index (χ1v) is 6.40. The highest BCUT2D eigenvalue weighted by Gasteiger charge is 2.16. The van der Waals surface area contributed by atoms with Crippen molar-refractivity contribution < 1.29 is 9.84 Å². The molecule has 1 aromatic rings. The first-order valence-electron chi connectivity index (χ1n) is 6.03. The van der Waals surface area contributed by atoms with E-state index in [1.54, 1.807) is 0 Å². The van der Waals surface area contributed by atoms with Gasteiger partial charge < -0.3 is 9.84 Å². The van der Waals surface area contributed by atoms with Crippen LogP contribution in [-0.2, 0) is 0 Å². The third kappa shape index (κ3) is 4.19. The van der Waals surface area contributed by atoms with Gasteiger partial charge in [-0.3, -0.25) is 4.90 Å². The van der Waals surface area contributed by atoms with Crippen molar-refractivity contribution in [2.75, 3.05) is 26.2 Å². The summed E-state index contributed by atoms with van der Waals surface area (Å²) < 4.78 is 5.63. The van der Waals surface area contributed by atoms with Crippen LogP contribution in [0.4, 0.5) is 0 Å². The van der Waals surface area contributed by atoms with Crippen molar-refractivity contribution in [2.24, 2.45) is 0 Å². The highest BCUT2D eigenvalue weighted by atomic mass is 35.5. The van der Waals surface area contributed by atoms with Crippen molar-refractivity contribution >= 4 is 11.6 Å². The van der Waals surface area contributed by atoms with Gasteiger partial charge in [-0.2, -0.15) is 0 Å². The van der Waals surface area contributed by atoms with E-state index in [1.807, 2.05) is 24.3 Å². The molecule has 0 aliphatic carbocycles. The SMILES string of the molecule is OC1CCN(CCOc2cccc(Cl)c2)CC1. The molecule has 2 rings (SSSR count). The predicted molar refractivity (Wildman–Crippen MR) is 68.6 cm³/mol. The maximum absolute atomic E-state index is 9.39. The van der Waals surface area contributed by atoms with Crippen molar-refractivity contribution in [1.29, 1.82) is 0 Å². The molecule has 1 aliphatic heterocycles. The third-order valence-electron chi connectivity index (χ3n) is 3.03. The number of hydrogen-bond acceptors (Lipinski definition) is 3. The zero-order valence-corrected chi connectivity index (χ0v) is 10.6. The summed E-state index contributed by atoms with van der Waals surface area (Å²) in [7, 11) is 0. The van der Waals surface area contributed by atoms with Gasteiger partial charge in [-0.25, -0.2) is 0 Å². The van der Waals surface area contributed by atoms with Crippen LogP contribution in [0, 0.1) is 0 Å². The molecule has 0 aromatic heterocycles. The van der Waals surface area contributed by atoms with E-state index in [4.69, 9.17) is 16.3 Å². The van der Waals surface area contributed by atoms with Gasteiger partial charge in [-0.1, -0.05) is 17.7 Å². The normalized spacial score (nSPS) is 18.2. The summed E-state index contributed by atoms with van der Waals surface area (Å²) in [6.45, 7) is 3.48. The van der Waals surface area contributed by atoms with Crippen molar-refractivity contribution in [2.45, 2.75) is 18.9 Å². The Morgan fingerprint density at radius 1 is 1.35 bits per heavy atom. The van der Waals surface area contributed by atoms with Crippen LogP contribution in [0.25, 0.3) is 0 Å². The van der Waals surface area contributed by atoms with Crippen LogP contribution >= 0.6 is 11.6 Å². The molecule has 0 spiro atoms. The fourth-order valence-corrected chi connectivity index (χ4v) is 2.17. The Kier molecular flexibility index (Phi) is 4.66. The number of aliphatic hydroxyl groups excluding tert-OH is 1. The molecule has 0 amide bonds. The van der Waals surface area contributed by atoms with Gasteiger partial charge in [0, 0.05) is 24.7 Å². The Morgan fingerprint density at radius 2 is 2.12 bits per heavy atom. The molecule has 1 N–H and O–H groups in total. The first kappa shape index (κ1) is 12.7. The maximum Gasteiger partial charge on any atom is 0.120 e. The zero-order valence-electron chi connectivity index (χ0n) is 9.81. The van der Waals surface area contributed by atoms with Gasteiger partial charge in [0.25, 0.3) is 0 Å². The number of likely N-dealkylation sites (tertiary alicyclic amines) is 1.